The van der Waals surface area contributed by atoms with Crippen molar-refractivity contribution >= 4 is 21.7 Å². The van der Waals surface area contributed by atoms with Gasteiger partial charge in [0.15, 0.2) is 0 Å². The molecule has 0 N–H and O–H groups in total. The zero-order chi connectivity index (χ0) is 14.0. The molecular weight excluding hydrogens is 256 g/mol. The normalized spacial score (nSPS) is 12.0. The van der Waals surface area contributed by atoms with Crippen LogP contribution in [0.4, 0.5) is 0 Å². The maximum atomic E-state index is 4.31. The van der Waals surface area contributed by atoms with Crippen molar-refractivity contribution in [1.29, 1.82) is 0 Å². The Morgan fingerprint density at radius 2 is 1.81 bits per heavy atom. The molecule has 98 valence electrons. The van der Waals surface area contributed by atoms with E-state index < -0.39 is 0 Å². The highest BCUT2D eigenvalue weighted by Crippen LogP contribution is 2.50. The molecular formula is C19H12N2. The van der Waals surface area contributed by atoms with Crippen molar-refractivity contribution in [3.8, 4) is 22.3 Å². The molecule has 0 atom stereocenters. The third-order valence-corrected chi connectivity index (χ3v) is 4.39. The van der Waals surface area contributed by atoms with E-state index in [1.54, 1.807) is 6.20 Å². The predicted molar refractivity (Wildman–Crippen MR) is 86.2 cm³/mol. The lowest BCUT2D eigenvalue weighted by Gasteiger charge is -2.07. The molecule has 2 heteroatoms. The van der Waals surface area contributed by atoms with Crippen LogP contribution in [-0.2, 0) is 0 Å². The van der Waals surface area contributed by atoms with Crippen molar-refractivity contribution in [1.82, 2.24) is 10.2 Å². The van der Waals surface area contributed by atoms with Gasteiger partial charge < -0.3 is 0 Å². The van der Waals surface area contributed by atoms with E-state index in [0.717, 1.165) is 5.52 Å². The molecule has 1 aromatic heterocycles. The minimum atomic E-state index is 0.964. The van der Waals surface area contributed by atoms with Crippen LogP contribution in [-0.4, -0.2) is 10.2 Å². The molecule has 2 nitrogen and oxygen atoms in total. The zero-order valence-electron chi connectivity index (χ0n) is 11.6. The predicted octanol–water partition coefficient (Wildman–Crippen LogP) is 4.74. The van der Waals surface area contributed by atoms with Crippen LogP contribution in [0, 0.1) is 6.92 Å². The first-order valence-electron chi connectivity index (χ1n) is 7.11. The minimum absolute atomic E-state index is 0.964. The second-order valence-electron chi connectivity index (χ2n) is 5.67. The molecule has 4 aromatic rings. The number of rotatable bonds is 0. The van der Waals surface area contributed by atoms with Crippen LogP contribution in [0.2, 0.25) is 0 Å². The summed E-state index contributed by atoms with van der Waals surface area (Å²) >= 11 is 0. The SMILES string of the molecule is Cc1ccc2c(c1)-c1c3ccnnc3cc3cccc-2c13. The smallest absolute Gasteiger partial charge is 0.0942 e. The molecule has 0 aliphatic heterocycles. The Balaban J connectivity index is 2.12. The van der Waals surface area contributed by atoms with Crippen LogP contribution in [0.3, 0.4) is 0 Å². The number of aryl methyl sites for hydroxylation is 1. The molecule has 1 aliphatic carbocycles. The van der Waals surface area contributed by atoms with Gasteiger partial charge in [-0.15, -0.1) is 0 Å². The topological polar surface area (TPSA) is 25.8 Å². The summed E-state index contributed by atoms with van der Waals surface area (Å²) in [4.78, 5) is 0. The fourth-order valence-electron chi connectivity index (χ4n) is 3.52. The van der Waals surface area contributed by atoms with Crippen LogP contribution < -0.4 is 0 Å². The molecule has 1 aliphatic rings. The fourth-order valence-corrected chi connectivity index (χ4v) is 3.52. The molecule has 0 radical (unpaired) electrons. The van der Waals surface area contributed by atoms with Gasteiger partial charge in [-0.05, 0) is 46.5 Å². The fraction of sp³-hybridized carbons (Fsp3) is 0.0526. The summed E-state index contributed by atoms with van der Waals surface area (Å²) in [6, 6.07) is 17.4. The molecule has 0 unspecified atom stereocenters. The highest BCUT2D eigenvalue weighted by atomic mass is 15.1. The number of nitrogens with zero attached hydrogens (tertiary/aromatic N) is 2. The summed E-state index contributed by atoms with van der Waals surface area (Å²) in [6.45, 7) is 2.14. The van der Waals surface area contributed by atoms with Gasteiger partial charge in [-0.3, -0.25) is 0 Å². The van der Waals surface area contributed by atoms with E-state index in [0.29, 0.717) is 0 Å². The second-order valence-corrected chi connectivity index (χ2v) is 5.67. The van der Waals surface area contributed by atoms with Crippen molar-refractivity contribution in [3.05, 3.63) is 60.3 Å². The Morgan fingerprint density at radius 1 is 0.857 bits per heavy atom. The summed E-state index contributed by atoms with van der Waals surface area (Å²) in [6.07, 6.45) is 1.78. The molecule has 0 amide bonds. The summed E-state index contributed by atoms with van der Waals surface area (Å²) in [7, 11) is 0. The Morgan fingerprint density at radius 3 is 2.76 bits per heavy atom. The van der Waals surface area contributed by atoms with Crippen LogP contribution in [0.25, 0.3) is 43.9 Å². The molecule has 0 saturated heterocycles. The van der Waals surface area contributed by atoms with Gasteiger partial charge in [-0.2, -0.15) is 10.2 Å². The lowest BCUT2D eigenvalue weighted by atomic mass is 9.98. The maximum Gasteiger partial charge on any atom is 0.0942 e. The number of hydrogen-bond donors (Lipinski definition) is 0. The van der Waals surface area contributed by atoms with Crippen LogP contribution >= 0.6 is 0 Å². The van der Waals surface area contributed by atoms with Gasteiger partial charge in [0.2, 0.25) is 0 Å². The largest absolute Gasteiger partial charge is 0.159 e. The molecule has 21 heavy (non-hydrogen) atoms. The highest BCUT2D eigenvalue weighted by Gasteiger charge is 2.23. The van der Waals surface area contributed by atoms with E-state index >= 15 is 0 Å². The Bertz CT molecular complexity index is 1050. The van der Waals surface area contributed by atoms with Gasteiger partial charge in [0.25, 0.3) is 0 Å². The van der Waals surface area contributed by atoms with E-state index in [9.17, 15) is 0 Å². The number of benzene rings is 3. The molecule has 0 bridgehead atoms. The van der Waals surface area contributed by atoms with Gasteiger partial charge in [0, 0.05) is 10.9 Å². The molecule has 0 spiro atoms. The van der Waals surface area contributed by atoms with Gasteiger partial charge in [-0.1, -0.05) is 42.0 Å². The van der Waals surface area contributed by atoms with E-state index in [1.165, 1.54) is 44.0 Å². The Kier molecular flexibility index (Phi) is 1.92. The highest BCUT2D eigenvalue weighted by molar-refractivity contribution is 6.23. The standard InChI is InChI=1S/C19H12N2/c1-11-5-6-13-14-4-2-3-12-10-17-15(7-8-20-21-17)19(18(12)14)16(13)9-11/h2-10H,1H3. The van der Waals surface area contributed by atoms with E-state index in [-0.39, 0.29) is 0 Å². The van der Waals surface area contributed by atoms with Crippen molar-refractivity contribution in [2.45, 2.75) is 6.92 Å². The molecule has 0 fully saturated rings. The van der Waals surface area contributed by atoms with E-state index in [2.05, 4.69) is 65.7 Å². The molecule has 1 heterocycles. The summed E-state index contributed by atoms with van der Waals surface area (Å²) in [5.41, 5.74) is 7.54. The average Bonchev–Trinajstić information content (AvgIpc) is 2.84. The molecule has 3 aromatic carbocycles. The van der Waals surface area contributed by atoms with Crippen molar-refractivity contribution in [3.63, 3.8) is 0 Å². The van der Waals surface area contributed by atoms with E-state index in [1.807, 2.05) is 0 Å². The number of hydrogen-bond acceptors (Lipinski definition) is 2. The first-order chi connectivity index (χ1) is 10.3. The third kappa shape index (κ3) is 1.32. The maximum absolute atomic E-state index is 4.31. The summed E-state index contributed by atoms with van der Waals surface area (Å²) in [5.74, 6) is 0. The Labute approximate surface area is 122 Å². The van der Waals surface area contributed by atoms with Crippen LogP contribution in [0.1, 0.15) is 5.56 Å². The summed E-state index contributed by atoms with van der Waals surface area (Å²) < 4.78 is 0. The van der Waals surface area contributed by atoms with Crippen molar-refractivity contribution in [2.24, 2.45) is 0 Å². The van der Waals surface area contributed by atoms with Crippen LogP contribution in [0.5, 0.6) is 0 Å². The first-order valence-corrected chi connectivity index (χ1v) is 7.11. The summed E-state index contributed by atoms with van der Waals surface area (Å²) in [5, 5.41) is 12.1. The van der Waals surface area contributed by atoms with E-state index in [4.69, 9.17) is 0 Å². The third-order valence-electron chi connectivity index (χ3n) is 4.39. The van der Waals surface area contributed by atoms with Crippen molar-refractivity contribution < 1.29 is 0 Å². The molecule has 5 rings (SSSR count). The first kappa shape index (κ1) is 11.0. The van der Waals surface area contributed by atoms with Crippen LogP contribution in [0.15, 0.2) is 54.7 Å². The molecule has 0 saturated carbocycles. The van der Waals surface area contributed by atoms with Gasteiger partial charge in [-0.25, -0.2) is 0 Å². The Hall–Kier alpha value is -2.74. The van der Waals surface area contributed by atoms with Gasteiger partial charge >= 0.3 is 0 Å². The number of fused-ring (bicyclic) bond motifs is 5. The van der Waals surface area contributed by atoms with Gasteiger partial charge in [0.1, 0.15) is 0 Å². The second kappa shape index (κ2) is 3.67. The quantitative estimate of drug-likeness (QED) is 0.379. The lowest BCUT2D eigenvalue weighted by Crippen LogP contribution is -1.86. The average molecular weight is 268 g/mol. The lowest BCUT2D eigenvalue weighted by molar-refractivity contribution is 1.08. The number of aromatic nitrogens is 2. The minimum Gasteiger partial charge on any atom is -0.159 e. The monoisotopic (exact) mass is 268 g/mol. The van der Waals surface area contributed by atoms with Gasteiger partial charge in [0.05, 0.1) is 11.7 Å². The zero-order valence-corrected chi connectivity index (χ0v) is 11.6. The van der Waals surface area contributed by atoms with Crippen molar-refractivity contribution in [2.75, 3.05) is 0 Å².